The predicted octanol–water partition coefficient (Wildman–Crippen LogP) is 2.95. The highest BCUT2D eigenvalue weighted by Gasteiger charge is 2.43. The Kier molecular flexibility index (Phi) is 2.31. The second-order valence-electron chi connectivity index (χ2n) is 4.48. The minimum atomic E-state index is -0.178. The lowest BCUT2D eigenvalue weighted by molar-refractivity contribution is 0.113. The van der Waals surface area contributed by atoms with Crippen molar-refractivity contribution in [3.8, 4) is 0 Å². The lowest BCUT2D eigenvalue weighted by Gasteiger charge is -2.27. The highest BCUT2D eigenvalue weighted by molar-refractivity contribution is 5.90. The normalized spacial score (nSPS) is 28.8. The van der Waals surface area contributed by atoms with Crippen LogP contribution in [0.5, 0.6) is 0 Å². The maximum absolute atomic E-state index is 11.8. The van der Waals surface area contributed by atoms with E-state index in [9.17, 15) is 4.79 Å². The van der Waals surface area contributed by atoms with Gasteiger partial charge in [0.25, 0.3) is 0 Å². The van der Waals surface area contributed by atoms with E-state index in [1.807, 2.05) is 35.2 Å². The summed E-state index contributed by atoms with van der Waals surface area (Å²) in [5, 5.41) is 0. The van der Waals surface area contributed by atoms with Crippen LogP contribution in [0, 0.1) is 0 Å². The largest absolute Gasteiger partial charge is 0.444 e. The number of rotatable bonds is 1. The molecule has 1 unspecified atom stereocenters. The Balaban J connectivity index is 1.91. The fourth-order valence-electron chi connectivity index (χ4n) is 2.72. The summed E-state index contributed by atoms with van der Waals surface area (Å²) in [6.45, 7) is 0. The monoisotopic (exact) mass is 217 g/mol. The molecule has 3 nitrogen and oxygen atoms in total. The molecule has 1 heterocycles. The van der Waals surface area contributed by atoms with Gasteiger partial charge in [-0.2, -0.15) is 0 Å². The lowest BCUT2D eigenvalue weighted by Crippen LogP contribution is -2.38. The van der Waals surface area contributed by atoms with Crippen molar-refractivity contribution in [1.82, 2.24) is 0 Å². The fraction of sp³-hybridized carbons (Fsp3) is 0.462. The molecule has 2 aliphatic rings. The van der Waals surface area contributed by atoms with Crippen LogP contribution in [-0.4, -0.2) is 18.2 Å². The third kappa shape index (κ3) is 1.47. The maximum Gasteiger partial charge on any atom is 0.415 e. The summed E-state index contributed by atoms with van der Waals surface area (Å²) in [7, 11) is 0. The van der Waals surface area contributed by atoms with Crippen molar-refractivity contribution in [1.29, 1.82) is 0 Å². The average Bonchev–Trinajstić information content (AvgIpc) is 2.66. The van der Waals surface area contributed by atoms with Crippen LogP contribution in [0.2, 0.25) is 0 Å². The zero-order valence-electron chi connectivity index (χ0n) is 9.13. The number of nitrogens with zero attached hydrogens (tertiary/aromatic N) is 1. The van der Waals surface area contributed by atoms with Gasteiger partial charge in [-0.1, -0.05) is 24.6 Å². The number of benzene rings is 1. The minimum Gasteiger partial charge on any atom is -0.444 e. The summed E-state index contributed by atoms with van der Waals surface area (Å²) in [5.41, 5.74) is 0.960. The Morgan fingerprint density at radius 3 is 2.69 bits per heavy atom. The van der Waals surface area contributed by atoms with Gasteiger partial charge in [-0.3, -0.25) is 4.90 Å². The van der Waals surface area contributed by atoms with Crippen molar-refractivity contribution < 1.29 is 9.53 Å². The molecule has 0 radical (unpaired) electrons. The zero-order valence-corrected chi connectivity index (χ0v) is 9.13. The molecule has 16 heavy (non-hydrogen) atoms. The van der Waals surface area contributed by atoms with Crippen LogP contribution in [0.1, 0.15) is 25.7 Å². The molecule has 0 bridgehead atoms. The first-order valence-electron chi connectivity index (χ1n) is 5.91. The van der Waals surface area contributed by atoms with E-state index in [0.29, 0.717) is 0 Å². The van der Waals surface area contributed by atoms with E-state index in [0.717, 1.165) is 18.5 Å². The number of amides is 1. The summed E-state index contributed by atoms with van der Waals surface area (Å²) in [6.07, 6.45) is 4.38. The standard InChI is InChI=1S/C13H15NO2/c15-13-14(10-6-2-1-3-7-10)11-8-4-5-9-12(11)16-13/h1-3,6-7,11-12H,4-5,8-9H2/t11?,12-/m1/s1. The Hall–Kier alpha value is -1.51. The molecule has 3 rings (SSSR count). The van der Waals surface area contributed by atoms with Crippen molar-refractivity contribution in [2.24, 2.45) is 0 Å². The van der Waals surface area contributed by atoms with Gasteiger partial charge in [-0.05, 0) is 31.4 Å². The number of carbonyl (C=O) groups excluding carboxylic acids is 1. The van der Waals surface area contributed by atoms with Gasteiger partial charge >= 0.3 is 6.09 Å². The van der Waals surface area contributed by atoms with Crippen LogP contribution in [0.3, 0.4) is 0 Å². The summed E-state index contributed by atoms with van der Waals surface area (Å²) in [5.74, 6) is 0. The lowest BCUT2D eigenvalue weighted by atomic mass is 9.92. The first kappa shape index (κ1) is 9.70. The molecule has 3 heteroatoms. The van der Waals surface area contributed by atoms with E-state index >= 15 is 0 Å². The molecule has 1 saturated carbocycles. The molecule has 2 fully saturated rings. The molecular formula is C13H15NO2. The van der Waals surface area contributed by atoms with E-state index in [1.54, 1.807) is 0 Å². The van der Waals surface area contributed by atoms with Crippen molar-refractivity contribution in [2.45, 2.75) is 37.8 Å². The molecular weight excluding hydrogens is 202 g/mol. The molecule has 0 spiro atoms. The quantitative estimate of drug-likeness (QED) is 0.723. The van der Waals surface area contributed by atoms with Crippen molar-refractivity contribution in [3.05, 3.63) is 30.3 Å². The maximum atomic E-state index is 11.8. The van der Waals surface area contributed by atoms with E-state index in [4.69, 9.17) is 4.74 Å². The summed E-state index contributed by atoms with van der Waals surface area (Å²) in [6, 6.07) is 10.1. The first-order valence-corrected chi connectivity index (χ1v) is 5.91. The Morgan fingerprint density at radius 1 is 1.12 bits per heavy atom. The molecule has 2 atom stereocenters. The summed E-state index contributed by atoms with van der Waals surface area (Å²) >= 11 is 0. The van der Waals surface area contributed by atoms with Crippen molar-refractivity contribution in [3.63, 3.8) is 0 Å². The molecule has 84 valence electrons. The number of hydrogen-bond acceptors (Lipinski definition) is 2. The second kappa shape index (κ2) is 3.81. The van der Waals surface area contributed by atoms with Crippen LogP contribution in [0.4, 0.5) is 10.5 Å². The fourth-order valence-corrected chi connectivity index (χ4v) is 2.72. The van der Waals surface area contributed by atoms with Crippen LogP contribution in [0.25, 0.3) is 0 Å². The van der Waals surface area contributed by atoms with Gasteiger partial charge in [-0.15, -0.1) is 0 Å². The highest BCUT2D eigenvalue weighted by atomic mass is 16.6. The van der Waals surface area contributed by atoms with Crippen molar-refractivity contribution in [2.75, 3.05) is 4.90 Å². The van der Waals surface area contributed by atoms with Crippen LogP contribution >= 0.6 is 0 Å². The Labute approximate surface area is 95.0 Å². The average molecular weight is 217 g/mol. The minimum absolute atomic E-state index is 0.112. The van der Waals surface area contributed by atoms with Crippen LogP contribution in [-0.2, 0) is 4.74 Å². The molecule has 0 aromatic heterocycles. The van der Waals surface area contributed by atoms with Crippen LogP contribution in [0.15, 0.2) is 30.3 Å². The zero-order chi connectivity index (χ0) is 11.0. The number of ether oxygens (including phenoxy) is 1. The highest BCUT2D eigenvalue weighted by Crippen LogP contribution is 2.34. The number of anilines is 1. The molecule has 1 aromatic rings. The predicted molar refractivity (Wildman–Crippen MR) is 61.4 cm³/mol. The SMILES string of the molecule is O=C1O[C@@H]2CCCCC2N1c1ccccc1. The van der Waals surface area contributed by atoms with Gasteiger partial charge in [0.2, 0.25) is 0 Å². The number of hydrogen-bond donors (Lipinski definition) is 0. The number of fused-ring (bicyclic) bond motifs is 1. The van der Waals surface area contributed by atoms with E-state index < -0.39 is 0 Å². The van der Waals surface area contributed by atoms with Gasteiger partial charge in [0.15, 0.2) is 0 Å². The Morgan fingerprint density at radius 2 is 1.88 bits per heavy atom. The summed E-state index contributed by atoms with van der Waals surface area (Å²) < 4.78 is 5.42. The van der Waals surface area contributed by atoms with Crippen molar-refractivity contribution >= 4 is 11.8 Å². The third-order valence-electron chi connectivity index (χ3n) is 3.48. The molecule has 1 aliphatic carbocycles. The Bertz CT molecular complexity index is 390. The van der Waals surface area contributed by atoms with E-state index in [-0.39, 0.29) is 18.2 Å². The van der Waals surface area contributed by atoms with E-state index in [2.05, 4.69) is 0 Å². The topological polar surface area (TPSA) is 29.5 Å². The first-order chi connectivity index (χ1) is 7.86. The molecule has 0 N–H and O–H groups in total. The molecule has 1 saturated heterocycles. The summed E-state index contributed by atoms with van der Waals surface area (Å²) in [4.78, 5) is 13.7. The smallest absolute Gasteiger partial charge is 0.415 e. The van der Waals surface area contributed by atoms with Gasteiger partial charge in [0.1, 0.15) is 6.10 Å². The molecule has 1 aromatic carbocycles. The third-order valence-corrected chi connectivity index (χ3v) is 3.48. The molecule has 1 aliphatic heterocycles. The van der Waals surface area contributed by atoms with Crippen LogP contribution < -0.4 is 4.90 Å². The molecule has 1 amide bonds. The van der Waals surface area contributed by atoms with Gasteiger partial charge in [-0.25, -0.2) is 4.79 Å². The van der Waals surface area contributed by atoms with Gasteiger partial charge in [0, 0.05) is 5.69 Å². The second-order valence-corrected chi connectivity index (χ2v) is 4.48. The van der Waals surface area contributed by atoms with Gasteiger partial charge in [0.05, 0.1) is 6.04 Å². The van der Waals surface area contributed by atoms with Gasteiger partial charge < -0.3 is 4.74 Å². The van der Waals surface area contributed by atoms with E-state index in [1.165, 1.54) is 12.8 Å². The number of carbonyl (C=O) groups is 1. The number of para-hydroxylation sites is 1.